The highest BCUT2D eigenvalue weighted by molar-refractivity contribution is 5.94. The van der Waals surface area contributed by atoms with E-state index >= 15 is 0 Å². The number of fused-ring (bicyclic) bond motifs is 1. The van der Waals surface area contributed by atoms with Crippen molar-refractivity contribution in [3.63, 3.8) is 0 Å². The van der Waals surface area contributed by atoms with Gasteiger partial charge in [-0.1, -0.05) is 12.1 Å². The van der Waals surface area contributed by atoms with E-state index in [1.807, 2.05) is 30.3 Å². The molecule has 4 rings (SSSR count). The number of halogens is 1. The maximum absolute atomic E-state index is 12.9. The Labute approximate surface area is 148 Å². The molecule has 0 fully saturated rings. The molecule has 0 bridgehead atoms. The van der Waals surface area contributed by atoms with E-state index in [1.54, 1.807) is 12.3 Å². The lowest BCUT2D eigenvalue weighted by molar-refractivity contribution is 0.0951. The summed E-state index contributed by atoms with van der Waals surface area (Å²) in [6.45, 7) is 0.367. The lowest BCUT2D eigenvalue weighted by Crippen LogP contribution is -2.22. The van der Waals surface area contributed by atoms with E-state index in [2.05, 4.69) is 15.3 Å². The van der Waals surface area contributed by atoms with E-state index in [9.17, 15) is 9.18 Å². The van der Waals surface area contributed by atoms with Crippen LogP contribution in [0.1, 0.15) is 15.9 Å². The summed E-state index contributed by atoms with van der Waals surface area (Å²) >= 11 is 0. The monoisotopic (exact) mass is 347 g/mol. The molecule has 6 heteroatoms. The third-order valence-electron chi connectivity index (χ3n) is 3.93. The Bertz CT molecular complexity index is 1020. The fraction of sp³-hybridized carbons (Fsp3) is 0.0500. The van der Waals surface area contributed by atoms with E-state index in [4.69, 9.17) is 4.42 Å². The Kier molecular flexibility index (Phi) is 4.15. The molecule has 26 heavy (non-hydrogen) atoms. The summed E-state index contributed by atoms with van der Waals surface area (Å²) in [5.41, 5.74) is 3.38. The third kappa shape index (κ3) is 3.30. The molecule has 0 unspecified atom stereocenters. The number of hydrogen-bond acceptors (Lipinski definition) is 4. The summed E-state index contributed by atoms with van der Waals surface area (Å²) in [6, 6.07) is 16.6. The second-order valence-electron chi connectivity index (χ2n) is 5.73. The quantitative estimate of drug-likeness (QED) is 0.607. The predicted octanol–water partition coefficient (Wildman–Crippen LogP) is 3.96. The van der Waals surface area contributed by atoms with Crippen LogP contribution in [-0.4, -0.2) is 15.9 Å². The lowest BCUT2D eigenvalue weighted by atomic mass is 10.1. The molecule has 0 saturated heterocycles. The van der Waals surface area contributed by atoms with Crippen LogP contribution in [0.25, 0.3) is 22.7 Å². The van der Waals surface area contributed by atoms with E-state index in [0.29, 0.717) is 29.2 Å². The maximum atomic E-state index is 12.9. The molecule has 2 heterocycles. The van der Waals surface area contributed by atoms with Crippen LogP contribution in [0, 0.1) is 5.82 Å². The molecule has 2 aromatic carbocycles. The summed E-state index contributed by atoms with van der Waals surface area (Å²) in [5, 5.41) is 2.80. The van der Waals surface area contributed by atoms with Crippen LogP contribution in [0.15, 0.2) is 71.3 Å². The number of aromatic nitrogens is 2. The number of nitrogens with zero attached hydrogens (tertiary/aromatic N) is 2. The highest BCUT2D eigenvalue weighted by atomic mass is 19.1. The summed E-state index contributed by atoms with van der Waals surface area (Å²) in [4.78, 5) is 20.6. The number of carbonyl (C=O) groups is 1. The third-order valence-corrected chi connectivity index (χ3v) is 3.93. The van der Waals surface area contributed by atoms with Crippen molar-refractivity contribution < 1.29 is 13.6 Å². The molecule has 1 amide bonds. The number of rotatable bonds is 4. The Balaban J connectivity index is 1.44. The van der Waals surface area contributed by atoms with Gasteiger partial charge in [-0.15, -0.1) is 0 Å². The number of nitrogens with one attached hydrogen (secondary N) is 1. The van der Waals surface area contributed by atoms with Crippen molar-refractivity contribution in [1.29, 1.82) is 0 Å². The van der Waals surface area contributed by atoms with Crippen molar-refractivity contribution >= 4 is 17.1 Å². The van der Waals surface area contributed by atoms with Crippen LogP contribution in [0.2, 0.25) is 0 Å². The Morgan fingerprint density at radius 3 is 2.54 bits per heavy atom. The highest BCUT2D eigenvalue weighted by Crippen LogP contribution is 2.23. The second kappa shape index (κ2) is 6.76. The molecular weight excluding hydrogens is 333 g/mol. The van der Waals surface area contributed by atoms with Gasteiger partial charge in [0, 0.05) is 23.9 Å². The number of pyridine rings is 1. The van der Waals surface area contributed by atoms with Gasteiger partial charge in [0.05, 0.1) is 0 Å². The number of oxazole rings is 1. The molecule has 0 aliphatic heterocycles. The summed E-state index contributed by atoms with van der Waals surface area (Å²) < 4.78 is 18.6. The van der Waals surface area contributed by atoms with Crippen molar-refractivity contribution in [2.24, 2.45) is 0 Å². The van der Waals surface area contributed by atoms with Crippen LogP contribution in [0.3, 0.4) is 0 Å². The van der Waals surface area contributed by atoms with Crippen LogP contribution in [0.4, 0.5) is 4.39 Å². The van der Waals surface area contributed by atoms with E-state index < -0.39 is 0 Å². The molecule has 0 spiro atoms. The standard InChI is InChI=1S/C20H14FN3O2/c21-16-9-7-14(8-10-16)19(25)23-12-13-3-5-15(6-4-13)20-24-18-17(26-20)2-1-11-22-18/h1-11H,12H2,(H,23,25). The minimum Gasteiger partial charge on any atom is -0.434 e. The molecule has 4 aromatic rings. The van der Waals surface area contributed by atoms with Crippen molar-refractivity contribution in [3.8, 4) is 11.5 Å². The molecule has 0 atom stereocenters. The van der Waals surface area contributed by atoms with Gasteiger partial charge in [0.15, 0.2) is 11.2 Å². The first-order chi connectivity index (χ1) is 12.7. The molecule has 2 aromatic heterocycles. The van der Waals surface area contributed by atoms with Crippen LogP contribution < -0.4 is 5.32 Å². The van der Waals surface area contributed by atoms with Gasteiger partial charge in [-0.05, 0) is 54.1 Å². The van der Waals surface area contributed by atoms with Crippen molar-refractivity contribution in [3.05, 3.63) is 83.8 Å². The van der Waals surface area contributed by atoms with Crippen LogP contribution in [0.5, 0.6) is 0 Å². The number of amides is 1. The smallest absolute Gasteiger partial charge is 0.251 e. The molecule has 5 nitrogen and oxygen atoms in total. The van der Waals surface area contributed by atoms with E-state index in [0.717, 1.165) is 11.1 Å². The van der Waals surface area contributed by atoms with E-state index in [-0.39, 0.29) is 11.7 Å². The number of carbonyl (C=O) groups excluding carboxylic acids is 1. The van der Waals surface area contributed by atoms with Gasteiger partial charge in [0.1, 0.15) is 5.82 Å². The number of hydrogen-bond donors (Lipinski definition) is 1. The van der Waals surface area contributed by atoms with Gasteiger partial charge in [-0.3, -0.25) is 4.79 Å². The minimum atomic E-state index is -0.369. The summed E-state index contributed by atoms with van der Waals surface area (Å²) in [6.07, 6.45) is 1.67. The normalized spacial score (nSPS) is 10.8. The summed E-state index contributed by atoms with van der Waals surface area (Å²) in [7, 11) is 0. The van der Waals surface area contributed by atoms with Gasteiger partial charge < -0.3 is 9.73 Å². The second-order valence-corrected chi connectivity index (χ2v) is 5.73. The van der Waals surface area contributed by atoms with E-state index in [1.165, 1.54) is 24.3 Å². The van der Waals surface area contributed by atoms with Crippen molar-refractivity contribution in [2.75, 3.05) is 0 Å². The molecule has 0 radical (unpaired) electrons. The zero-order chi connectivity index (χ0) is 17.9. The molecule has 0 aliphatic carbocycles. The SMILES string of the molecule is O=C(NCc1ccc(-c2nc3ncccc3o2)cc1)c1ccc(F)cc1. The van der Waals surface area contributed by atoms with Gasteiger partial charge in [-0.25, -0.2) is 9.37 Å². The van der Waals surface area contributed by atoms with Crippen LogP contribution in [-0.2, 0) is 6.54 Å². The van der Waals surface area contributed by atoms with Crippen molar-refractivity contribution in [1.82, 2.24) is 15.3 Å². The largest absolute Gasteiger partial charge is 0.434 e. The number of benzene rings is 2. The fourth-order valence-electron chi connectivity index (χ4n) is 2.54. The van der Waals surface area contributed by atoms with Gasteiger partial charge in [0.25, 0.3) is 5.91 Å². The first kappa shape index (κ1) is 16.0. The summed E-state index contributed by atoms with van der Waals surface area (Å²) in [5.74, 6) is -0.119. The Morgan fingerprint density at radius 1 is 1.04 bits per heavy atom. The maximum Gasteiger partial charge on any atom is 0.251 e. The molecule has 0 aliphatic rings. The lowest BCUT2D eigenvalue weighted by Gasteiger charge is -2.06. The topological polar surface area (TPSA) is 68.0 Å². The van der Waals surface area contributed by atoms with Gasteiger partial charge in [-0.2, -0.15) is 4.98 Å². The Hall–Kier alpha value is -3.54. The van der Waals surface area contributed by atoms with Crippen LogP contribution >= 0.6 is 0 Å². The fourth-order valence-corrected chi connectivity index (χ4v) is 2.54. The molecule has 128 valence electrons. The average molecular weight is 347 g/mol. The Morgan fingerprint density at radius 2 is 1.81 bits per heavy atom. The van der Waals surface area contributed by atoms with Gasteiger partial charge in [0.2, 0.25) is 5.89 Å². The minimum absolute atomic E-state index is 0.251. The molecule has 1 N–H and O–H groups in total. The van der Waals surface area contributed by atoms with Crippen molar-refractivity contribution in [2.45, 2.75) is 6.54 Å². The first-order valence-electron chi connectivity index (χ1n) is 8.04. The molecular formula is C20H14FN3O2. The molecule has 0 saturated carbocycles. The van der Waals surface area contributed by atoms with Gasteiger partial charge >= 0.3 is 0 Å². The average Bonchev–Trinajstić information content (AvgIpc) is 3.11. The highest BCUT2D eigenvalue weighted by Gasteiger charge is 2.09. The zero-order valence-corrected chi connectivity index (χ0v) is 13.6. The predicted molar refractivity (Wildman–Crippen MR) is 94.8 cm³/mol. The zero-order valence-electron chi connectivity index (χ0n) is 13.6. The first-order valence-corrected chi connectivity index (χ1v) is 8.04.